The van der Waals surface area contributed by atoms with Crippen molar-refractivity contribution < 1.29 is 13.2 Å². The van der Waals surface area contributed by atoms with Crippen LogP contribution in [0.2, 0.25) is 0 Å². The van der Waals surface area contributed by atoms with Crippen LogP contribution in [0.25, 0.3) is 0 Å². The number of hydrogen-bond acceptors (Lipinski definition) is 4. The summed E-state index contributed by atoms with van der Waals surface area (Å²) < 4.78 is 22.7. The second-order valence-corrected chi connectivity index (χ2v) is 6.40. The molecule has 0 aliphatic rings. The average molecular weight is 291 g/mol. The van der Waals surface area contributed by atoms with E-state index in [2.05, 4.69) is 5.32 Å². The highest BCUT2D eigenvalue weighted by molar-refractivity contribution is 7.91. The van der Waals surface area contributed by atoms with Crippen molar-refractivity contribution in [2.75, 3.05) is 29.7 Å². The fourth-order valence-corrected chi connectivity index (χ4v) is 2.83. The van der Waals surface area contributed by atoms with Crippen molar-refractivity contribution in [3.8, 4) is 0 Å². The van der Waals surface area contributed by atoms with Gasteiger partial charge in [0.15, 0.2) is 9.84 Å². The normalized spacial score (nSPS) is 11.2. The summed E-state index contributed by atoms with van der Waals surface area (Å²) in [6.45, 7) is 0.0719. The number of rotatable bonds is 6. The van der Waals surface area contributed by atoms with E-state index in [4.69, 9.17) is 17.3 Å². The summed E-state index contributed by atoms with van der Waals surface area (Å²) in [6.07, 6.45) is 0. The molecule has 18 heavy (non-hydrogen) atoms. The van der Waals surface area contributed by atoms with E-state index in [1.165, 1.54) is 0 Å². The molecule has 5 nitrogen and oxygen atoms in total. The summed E-state index contributed by atoms with van der Waals surface area (Å²) in [7, 11) is -3.18. The first-order chi connectivity index (χ1) is 8.44. The third-order valence-corrected chi connectivity index (χ3v) is 4.33. The van der Waals surface area contributed by atoms with E-state index < -0.39 is 9.84 Å². The maximum atomic E-state index is 11.6. The molecule has 0 aromatic heterocycles. The molecule has 0 aliphatic carbocycles. The van der Waals surface area contributed by atoms with Gasteiger partial charge in [-0.25, -0.2) is 8.42 Å². The molecule has 1 amide bonds. The number of benzene rings is 1. The summed E-state index contributed by atoms with van der Waals surface area (Å²) in [5.74, 6) is -0.447. The highest BCUT2D eigenvalue weighted by Gasteiger charge is 2.11. The van der Waals surface area contributed by atoms with Crippen molar-refractivity contribution in [1.82, 2.24) is 5.32 Å². The van der Waals surface area contributed by atoms with Crippen LogP contribution in [0.4, 0.5) is 5.69 Å². The average Bonchev–Trinajstić information content (AvgIpc) is 2.29. The SMILES string of the molecule is Nc1ccc(C(=O)NCCS(=O)(=O)CCCl)cc1. The number of nitrogen functional groups attached to an aromatic ring is 1. The number of sulfone groups is 1. The lowest BCUT2D eigenvalue weighted by atomic mass is 10.2. The summed E-state index contributed by atoms with van der Waals surface area (Å²) >= 11 is 5.36. The van der Waals surface area contributed by atoms with E-state index in [-0.39, 0.29) is 29.8 Å². The Morgan fingerprint density at radius 2 is 1.83 bits per heavy atom. The quantitative estimate of drug-likeness (QED) is 0.595. The third kappa shape index (κ3) is 4.93. The van der Waals surface area contributed by atoms with Gasteiger partial charge in [-0.05, 0) is 24.3 Å². The molecule has 0 saturated carbocycles. The minimum absolute atomic E-state index is 0.0637. The highest BCUT2D eigenvalue weighted by atomic mass is 35.5. The smallest absolute Gasteiger partial charge is 0.251 e. The van der Waals surface area contributed by atoms with E-state index in [1.54, 1.807) is 24.3 Å². The molecule has 0 unspecified atom stereocenters. The van der Waals surface area contributed by atoms with Crippen LogP contribution in [0.3, 0.4) is 0 Å². The minimum atomic E-state index is -3.18. The van der Waals surface area contributed by atoms with Crippen LogP contribution < -0.4 is 11.1 Å². The molecule has 0 heterocycles. The topological polar surface area (TPSA) is 89.3 Å². The summed E-state index contributed by atoms with van der Waals surface area (Å²) in [5.41, 5.74) is 6.50. The van der Waals surface area contributed by atoms with E-state index in [1.807, 2.05) is 0 Å². The predicted octanol–water partition coefficient (Wildman–Crippen LogP) is 0.652. The zero-order chi connectivity index (χ0) is 13.6. The van der Waals surface area contributed by atoms with Gasteiger partial charge in [-0.2, -0.15) is 0 Å². The number of anilines is 1. The molecule has 1 rings (SSSR count). The van der Waals surface area contributed by atoms with Gasteiger partial charge in [0, 0.05) is 23.7 Å². The monoisotopic (exact) mass is 290 g/mol. The number of carbonyl (C=O) groups is 1. The van der Waals surface area contributed by atoms with Gasteiger partial charge in [0.1, 0.15) is 0 Å². The van der Waals surface area contributed by atoms with Crippen molar-refractivity contribution in [3.63, 3.8) is 0 Å². The largest absolute Gasteiger partial charge is 0.399 e. The molecule has 3 N–H and O–H groups in total. The van der Waals surface area contributed by atoms with Crippen LogP contribution in [-0.2, 0) is 9.84 Å². The molecule has 0 bridgehead atoms. The summed E-state index contributed by atoms with van der Waals surface area (Å²) in [6, 6.07) is 6.38. The van der Waals surface area contributed by atoms with Crippen molar-refractivity contribution in [1.29, 1.82) is 0 Å². The Labute approximate surface area is 111 Å². The molecule has 0 fully saturated rings. The van der Waals surface area contributed by atoms with Crippen LogP contribution in [0.1, 0.15) is 10.4 Å². The number of hydrogen-bond donors (Lipinski definition) is 2. The summed E-state index contributed by atoms with van der Waals surface area (Å²) in [5, 5.41) is 2.53. The molecule has 100 valence electrons. The molecule has 1 aromatic rings. The van der Waals surface area contributed by atoms with Gasteiger partial charge >= 0.3 is 0 Å². The van der Waals surface area contributed by atoms with Crippen molar-refractivity contribution >= 4 is 33.0 Å². The number of alkyl halides is 1. The molecule has 0 spiro atoms. The van der Waals surface area contributed by atoms with E-state index in [0.29, 0.717) is 11.3 Å². The number of carbonyl (C=O) groups excluding carboxylic acids is 1. The van der Waals surface area contributed by atoms with Crippen molar-refractivity contribution in [2.45, 2.75) is 0 Å². The van der Waals surface area contributed by atoms with Crippen LogP contribution in [0.15, 0.2) is 24.3 Å². The lowest BCUT2D eigenvalue weighted by molar-refractivity contribution is 0.0956. The Bertz CT molecular complexity index is 500. The molecule has 0 radical (unpaired) electrons. The van der Waals surface area contributed by atoms with Gasteiger partial charge in [0.25, 0.3) is 5.91 Å². The van der Waals surface area contributed by atoms with Gasteiger partial charge in [0.05, 0.1) is 11.5 Å². The van der Waals surface area contributed by atoms with Gasteiger partial charge < -0.3 is 11.1 Å². The van der Waals surface area contributed by atoms with Crippen molar-refractivity contribution in [3.05, 3.63) is 29.8 Å². The Kier molecular flexibility index (Phi) is 5.43. The van der Waals surface area contributed by atoms with Gasteiger partial charge in [0.2, 0.25) is 0 Å². The van der Waals surface area contributed by atoms with Crippen LogP contribution >= 0.6 is 11.6 Å². The molecule has 0 atom stereocenters. The Morgan fingerprint density at radius 1 is 1.22 bits per heavy atom. The van der Waals surface area contributed by atoms with Crippen LogP contribution in [-0.4, -0.2) is 38.3 Å². The first-order valence-corrected chi connectivity index (χ1v) is 7.70. The lowest BCUT2D eigenvalue weighted by Crippen LogP contribution is -2.30. The molecular weight excluding hydrogens is 276 g/mol. The Balaban J connectivity index is 2.45. The molecule has 0 saturated heterocycles. The molecule has 0 aliphatic heterocycles. The van der Waals surface area contributed by atoms with E-state index in [0.717, 1.165) is 0 Å². The Morgan fingerprint density at radius 3 is 2.39 bits per heavy atom. The fraction of sp³-hybridized carbons (Fsp3) is 0.364. The van der Waals surface area contributed by atoms with E-state index in [9.17, 15) is 13.2 Å². The predicted molar refractivity (Wildman–Crippen MR) is 72.6 cm³/mol. The van der Waals surface area contributed by atoms with Crippen LogP contribution in [0.5, 0.6) is 0 Å². The standard InChI is InChI=1S/C11H15ClN2O3S/c12-5-7-18(16,17)8-6-14-11(15)9-1-3-10(13)4-2-9/h1-4H,5-8,13H2,(H,14,15). The van der Waals surface area contributed by atoms with Gasteiger partial charge in [-0.15, -0.1) is 11.6 Å². The van der Waals surface area contributed by atoms with Gasteiger partial charge in [-0.1, -0.05) is 0 Å². The van der Waals surface area contributed by atoms with E-state index >= 15 is 0 Å². The lowest BCUT2D eigenvalue weighted by Gasteiger charge is -2.05. The molecule has 1 aromatic carbocycles. The fourth-order valence-electron chi connectivity index (χ4n) is 1.28. The summed E-state index contributed by atoms with van der Waals surface area (Å²) in [4.78, 5) is 11.6. The number of nitrogens with one attached hydrogen (secondary N) is 1. The maximum Gasteiger partial charge on any atom is 0.251 e. The van der Waals surface area contributed by atoms with Gasteiger partial charge in [-0.3, -0.25) is 4.79 Å². The Hall–Kier alpha value is -1.27. The number of halogens is 1. The minimum Gasteiger partial charge on any atom is -0.399 e. The third-order valence-electron chi connectivity index (χ3n) is 2.26. The number of nitrogens with two attached hydrogens (primary N) is 1. The second kappa shape index (κ2) is 6.61. The zero-order valence-electron chi connectivity index (χ0n) is 9.73. The first-order valence-electron chi connectivity index (χ1n) is 5.35. The van der Waals surface area contributed by atoms with Crippen LogP contribution in [0, 0.1) is 0 Å². The maximum absolute atomic E-state index is 11.6. The second-order valence-electron chi connectivity index (χ2n) is 3.72. The zero-order valence-corrected chi connectivity index (χ0v) is 11.3. The van der Waals surface area contributed by atoms with Crippen molar-refractivity contribution in [2.24, 2.45) is 0 Å². The molecular formula is C11H15ClN2O3S. The first kappa shape index (κ1) is 14.8. The highest BCUT2D eigenvalue weighted by Crippen LogP contribution is 2.04. The number of amides is 1. The molecule has 7 heteroatoms.